The van der Waals surface area contributed by atoms with Crippen molar-refractivity contribution < 1.29 is 13.2 Å². The van der Waals surface area contributed by atoms with Gasteiger partial charge < -0.3 is 5.32 Å². The minimum absolute atomic E-state index is 0.0231. The van der Waals surface area contributed by atoms with Gasteiger partial charge in [0.05, 0.1) is 11.9 Å². The molecule has 0 saturated carbocycles. The summed E-state index contributed by atoms with van der Waals surface area (Å²) in [6, 6.07) is 4.82. The van der Waals surface area contributed by atoms with Crippen LogP contribution < -0.4 is 9.62 Å². The van der Waals surface area contributed by atoms with E-state index < -0.39 is 16.1 Å². The van der Waals surface area contributed by atoms with Gasteiger partial charge in [0.2, 0.25) is 15.9 Å². The Kier molecular flexibility index (Phi) is 6.62. The van der Waals surface area contributed by atoms with Gasteiger partial charge >= 0.3 is 0 Å². The van der Waals surface area contributed by atoms with Crippen LogP contribution in [-0.2, 0) is 14.8 Å². The number of sulfonamides is 1. The molecule has 0 bridgehead atoms. The number of hydrogen-bond donors (Lipinski definition) is 1. The first-order chi connectivity index (χ1) is 10.6. The number of hydrogen-bond acceptors (Lipinski definition) is 3. The Morgan fingerprint density at radius 2 is 1.87 bits per heavy atom. The molecule has 1 amide bonds. The van der Waals surface area contributed by atoms with Gasteiger partial charge in [-0.1, -0.05) is 25.5 Å². The van der Waals surface area contributed by atoms with Gasteiger partial charge in [-0.2, -0.15) is 0 Å². The van der Waals surface area contributed by atoms with Crippen molar-refractivity contribution in [3.63, 3.8) is 0 Å². The summed E-state index contributed by atoms with van der Waals surface area (Å²) in [6.45, 7) is 9.34. The number of aryl methyl sites for hydroxylation is 2. The molecule has 0 aromatic heterocycles. The van der Waals surface area contributed by atoms with Crippen LogP contribution in [0.3, 0.4) is 0 Å². The molecule has 6 heteroatoms. The van der Waals surface area contributed by atoms with E-state index >= 15 is 0 Å². The van der Waals surface area contributed by atoms with Crippen molar-refractivity contribution in [3.8, 4) is 0 Å². The van der Waals surface area contributed by atoms with Crippen molar-refractivity contribution in [1.29, 1.82) is 0 Å². The number of carbonyl (C=O) groups is 1. The first kappa shape index (κ1) is 19.5. The Labute approximate surface area is 140 Å². The van der Waals surface area contributed by atoms with Gasteiger partial charge in [-0.25, -0.2) is 8.42 Å². The van der Waals surface area contributed by atoms with E-state index in [2.05, 4.69) is 5.32 Å². The van der Waals surface area contributed by atoms with E-state index in [-0.39, 0.29) is 11.9 Å². The Hall–Kier alpha value is -1.56. The molecule has 1 aromatic rings. The molecule has 0 radical (unpaired) electrons. The summed E-state index contributed by atoms with van der Waals surface area (Å²) >= 11 is 0. The molecular formula is C17H28N2O3S. The van der Waals surface area contributed by atoms with Crippen molar-refractivity contribution in [3.05, 3.63) is 29.3 Å². The Balaban J connectivity index is 3.17. The standard InChI is InChI=1S/C17H28N2O3S/c1-7-8-14(4)18-17(20)15(5)19(23(6,21)22)16-11-12(2)9-10-13(16)3/h9-11,14-15H,7-8H2,1-6H3,(H,18,20)/t14-,15-/m1/s1. The van der Waals surface area contributed by atoms with Crippen molar-refractivity contribution >= 4 is 21.6 Å². The SMILES string of the molecule is CCC[C@@H](C)NC(=O)[C@@H](C)N(c1cc(C)ccc1C)S(C)(=O)=O. The Morgan fingerprint density at radius 1 is 1.26 bits per heavy atom. The predicted molar refractivity (Wildman–Crippen MR) is 95.2 cm³/mol. The zero-order valence-electron chi connectivity index (χ0n) is 14.9. The summed E-state index contributed by atoms with van der Waals surface area (Å²) < 4.78 is 25.8. The van der Waals surface area contributed by atoms with Crippen LogP contribution in [-0.4, -0.2) is 32.7 Å². The van der Waals surface area contributed by atoms with Gasteiger partial charge in [-0.15, -0.1) is 0 Å². The van der Waals surface area contributed by atoms with Gasteiger partial charge in [0.15, 0.2) is 0 Å². The molecule has 1 rings (SSSR count). The minimum Gasteiger partial charge on any atom is -0.352 e. The van der Waals surface area contributed by atoms with Crippen LogP contribution in [0.1, 0.15) is 44.7 Å². The first-order valence-corrected chi connectivity index (χ1v) is 9.79. The molecule has 0 aliphatic carbocycles. The molecule has 2 atom stereocenters. The van der Waals surface area contributed by atoms with Crippen LogP contribution >= 0.6 is 0 Å². The van der Waals surface area contributed by atoms with Gasteiger partial charge in [-0.3, -0.25) is 9.10 Å². The summed E-state index contributed by atoms with van der Waals surface area (Å²) in [5.41, 5.74) is 2.33. The van der Waals surface area contributed by atoms with E-state index in [4.69, 9.17) is 0 Å². The molecule has 0 aliphatic rings. The molecule has 130 valence electrons. The molecule has 1 aromatic carbocycles. The molecule has 0 unspecified atom stereocenters. The lowest BCUT2D eigenvalue weighted by atomic mass is 10.1. The second-order valence-electron chi connectivity index (χ2n) is 6.22. The lowest BCUT2D eigenvalue weighted by Crippen LogP contribution is -2.50. The third-order valence-electron chi connectivity index (χ3n) is 3.80. The highest BCUT2D eigenvalue weighted by molar-refractivity contribution is 7.92. The maximum absolute atomic E-state index is 12.5. The molecule has 0 saturated heterocycles. The van der Waals surface area contributed by atoms with Crippen LogP contribution in [0.2, 0.25) is 0 Å². The summed E-state index contributed by atoms with van der Waals surface area (Å²) in [5.74, 6) is -0.280. The normalized spacial score (nSPS) is 14.2. The summed E-state index contributed by atoms with van der Waals surface area (Å²) in [4.78, 5) is 12.5. The van der Waals surface area contributed by atoms with Crippen molar-refractivity contribution in [1.82, 2.24) is 5.32 Å². The number of carbonyl (C=O) groups excluding carboxylic acids is 1. The van der Waals surface area contributed by atoms with E-state index in [1.807, 2.05) is 39.8 Å². The number of nitrogens with one attached hydrogen (secondary N) is 1. The van der Waals surface area contributed by atoms with E-state index in [0.29, 0.717) is 5.69 Å². The minimum atomic E-state index is -3.58. The van der Waals surface area contributed by atoms with Crippen LogP contribution in [0.25, 0.3) is 0 Å². The zero-order valence-corrected chi connectivity index (χ0v) is 15.7. The molecule has 0 fully saturated rings. The van der Waals surface area contributed by atoms with Crippen LogP contribution in [0.5, 0.6) is 0 Å². The smallest absolute Gasteiger partial charge is 0.243 e. The highest BCUT2D eigenvalue weighted by Gasteiger charge is 2.30. The summed E-state index contributed by atoms with van der Waals surface area (Å²) in [5, 5.41) is 2.89. The lowest BCUT2D eigenvalue weighted by molar-refractivity contribution is -0.122. The van der Waals surface area contributed by atoms with E-state index in [0.717, 1.165) is 30.2 Å². The summed E-state index contributed by atoms with van der Waals surface area (Å²) in [7, 11) is -3.58. The number of benzene rings is 1. The van der Waals surface area contributed by atoms with Gasteiger partial charge in [0.1, 0.15) is 6.04 Å². The monoisotopic (exact) mass is 340 g/mol. The molecule has 0 spiro atoms. The average molecular weight is 340 g/mol. The Bertz CT molecular complexity index is 656. The maximum atomic E-state index is 12.5. The first-order valence-electron chi connectivity index (χ1n) is 7.95. The van der Waals surface area contributed by atoms with E-state index in [1.54, 1.807) is 13.0 Å². The highest BCUT2D eigenvalue weighted by Crippen LogP contribution is 2.26. The molecule has 0 aliphatic heterocycles. The number of anilines is 1. The van der Waals surface area contributed by atoms with E-state index in [9.17, 15) is 13.2 Å². The number of rotatable bonds is 7. The van der Waals surface area contributed by atoms with Gasteiger partial charge in [0.25, 0.3) is 0 Å². The fraction of sp³-hybridized carbons (Fsp3) is 0.588. The zero-order chi connectivity index (χ0) is 17.8. The van der Waals surface area contributed by atoms with Crippen LogP contribution in [0.4, 0.5) is 5.69 Å². The Morgan fingerprint density at radius 3 is 2.39 bits per heavy atom. The van der Waals surface area contributed by atoms with Crippen molar-refractivity contribution in [2.45, 2.75) is 59.5 Å². The number of nitrogens with zero attached hydrogens (tertiary/aromatic N) is 1. The number of amides is 1. The van der Waals surface area contributed by atoms with E-state index in [1.165, 1.54) is 4.31 Å². The third-order valence-corrected chi connectivity index (χ3v) is 5.03. The molecular weight excluding hydrogens is 312 g/mol. The fourth-order valence-corrected chi connectivity index (χ4v) is 3.83. The predicted octanol–water partition coefficient (Wildman–Crippen LogP) is 2.76. The molecule has 23 heavy (non-hydrogen) atoms. The van der Waals surface area contributed by atoms with Gasteiger partial charge in [0, 0.05) is 6.04 Å². The topological polar surface area (TPSA) is 66.5 Å². The highest BCUT2D eigenvalue weighted by atomic mass is 32.2. The second kappa shape index (κ2) is 7.81. The lowest BCUT2D eigenvalue weighted by Gasteiger charge is -2.30. The third kappa shape index (κ3) is 5.23. The van der Waals surface area contributed by atoms with Crippen molar-refractivity contribution in [2.24, 2.45) is 0 Å². The molecule has 0 heterocycles. The van der Waals surface area contributed by atoms with Crippen LogP contribution in [0, 0.1) is 13.8 Å². The molecule has 5 nitrogen and oxygen atoms in total. The summed E-state index contributed by atoms with van der Waals surface area (Å²) in [6.07, 6.45) is 2.96. The largest absolute Gasteiger partial charge is 0.352 e. The molecule has 1 N–H and O–H groups in total. The van der Waals surface area contributed by atoms with Crippen LogP contribution in [0.15, 0.2) is 18.2 Å². The second-order valence-corrected chi connectivity index (χ2v) is 8.08. The fourth-order valence-electron chi connectivity index (χ4n) is 2.61. The maximum Gasteiger partial charge on any atom is 0.243 e. The quantitative estimate of drug-likeness (QED) is 0.830. The van der Waals surface area contributed by atoms with Crippen molar-refractivity contribution in [2.75, 3.05) is 10.6 Å². The average Bonchev–Trinajstić information content (AvgIpc) is 2.41. The van der Waals surface area contributed by atoms with Gasteiger partial charge in [-0.05, 0) is 51.3 Å².